The summed E-state index contributed by atoms with van der Waals surface area (Å²) >= 11 is 0. The van der Waals surface area contributed by atoms with Gasteiger partial charge in [-0.05, 0) is 78.6 Å². The molecule has 2 aliphatic carbocycles. The number of benzene rings is 5. The van der Waals surface area contributed by atoms with Gasteiger partial charge in [-0.2, -0.15) is 0 Å². The Hall–Kier alpha value is -5.15. The Morgan fingerprint density at radius 1 is 0.550 bits per heavy atom. The fraction of sp³-hybridized carbons (Fsp3) is 0.0541. The lowest BCUT2D eigenvalue weighted by molar-refractivity contribution is 0.104. The van der Waals surface area contributed by atoms with Crippen LogP contribution in [0.5, 0.6) is 0 Å². The summed E-state index contributed by atoms with van der Waals surface area (Å²) in [6.45, 7) is 0. The van der Waals surface area contributed by atoms with Gasteiger partial charge in [0.15, 0.2) is 5.78 Å². The molecule has 1 heterocycles. The predicted octanol–water partition coefficient (Wildman–Crippen LogP) is 9.55. The summed E-state index contributed by atoms with van der Waals surface area (Å²) in [6, 6.07) is 44.1. The summed E-state index contributed by atoms with van der Waals surface area (Å²) < 4.78 is 2.35. The van der Waals surface area contributed by atoms with Gasteiger partial charge in [0.1, 0.15) is 0 Å². The number of fused-ring (bicyclic) bond motifs is 5. The van der Waals surface area contributed by atoms with Crippen LogP contribution in [0.25, 0.3) is 33.1 Å². The van der Waals surface area contributed by atoms with Crippen LogP contribution >= 0.6 is 0 Å². The first-order valence-corrected chi connectivity index (χ1v) is 13.8. The highest BCUT2D eigenvalue weighted by molar-refractivity contribution is 6.24. The largest absolute Gasteiger partial charge is 0.313 e. The van der Waals surface area contributed by atoms with Crippen molar-refractivity contribution in [3.05, 3.63) is 150 Å². The number of Topliss-reactive ketones (excluding diaryl/α,β-unsaturated/α-hetero) is 1. The normalized spacial score (nSPS) is 14.4. The van der Waals surface area contributed by atoms with Gasteiger partial charge in [-0.15, -0.1) is 0 Å². The molecule has 0 bridgehead atoms. The van der Waals surface area contributed by atoms with E-state index in [9.17, 15) is 4.79 Å². The van der Waals surface area contributed by atoms with Crippen molar-refractivity contribution in [3.63, 3.8) is 0 Å². The van der Waals surface area contributed by atoms with E-state index in [0.29, 0.717) is 0 Å². The smallest absolute Gasteiger partial charge is 0.194 e. The van der Waals surface area contributed by atoms with Gasteiger partial charge < -0.3 is 9.47 Å². The molecule has 3 heteroatoms. The van der Waals surface area contributed by atoms with Crippen LogP contribution in [-0.4, -0.2) is 10.4 Å². The molecular formula is C37H26N2O. The molecule has 5 aromatic carbocycles. The Labute approximate surface area is 232 Å². The van der Waals surface area contributed by atoms with Crippen LogP contribution in [0, 0.1) is 0 Å². The topological polar surface area (TPSA) is 25.2 Å². The molecule has 0 aliphatic heterocycles. The molecule has 0 unspecified atom stereocenters. The number of ketones is 1. The first-order chi connectivity index (χ1) is 19.8. The number of nitrogens with zero attached hydrogens (tertiary/aromatic N) is 2. The van der Waals surface area contributed by atoms with Crippen LogP contribution in [0.4, 0.5) is 17.1 Å². The third kappa shape index (κ3) is 3.41. The van der Waals surface area contributed by atoms with E-state index in [2.05, 4.69) is 107 Å². The summed E-state index contributed by atoms with van der Waals surface area (Å²) in [5, 5.41) is 2.48. The number of allylic oxidation sites excluding steroid dienone is 4. The van der Waals surface area contributed by atoms with Gasteiger partial charge in [0.05, 0.1) is 11.0 Å². The van der Waals surface area contributed by atoms with Gasteiger partial charge in [0.25, 0.3) is 0 Å². The van der Waals surface area contributed by atoms with Crippen molar-refractivity contribution in [2.24, 2.45) is 0 Å². The molecule has 0 atom stereocenters. The fourth-order valence-electron chi connectivity index (χ4n) is 6.47. The highest BCUT2D eigenvalue weighted by Crippen LogP contribution is 2.45. The molecule has 1 aromatic heterocycles. The van der Waals surface area contributed by atoms with Gasteiger partial charge in [-0.25, -0.2) is 0 Å². The Balaban J connectivity index is 1.23. The third-order valence-corrected chi connectivity index (χ3v) is 8.24. The maximum atomic E-state index is 14.0. The van der Waals surface area contributed by atoms with Crippen molar-refractivity contribution in [1.82, 2.24) is 4.57 Å². The number of carbonyl (C=O) groups excluding carboxylic acids is 1. The molecule has 0 radical (unpaired) electrons. The first kappa shape index (κ1) is 22.8. The van der Waals surface area contributed by atoms with Crippen molar-refractivity contribution >= 4 is 55.9 Å². The SMILES string of the molecule is O=C1C2=C(CCC(n3c4ccccc4c4ccccc43)=C2)c2ccc(N(c3ccccc3)c3ccccc3)cc21. The van der Waals surface area contributed by atoms with Crippen LogP contribution in [0.3, 0.4) is 0 Å². The number of carbonyl (C=O) groups is 1. The molecule has 2 aliphatic rings. The van der Waals surface area contributed by atoms with Crippen molar-refractivity contribution in [2.45, 2.75) is 12.8 Å². The number of rotatable bonds is 4. The molecule has 40 heavy (non-hydrogen) atoms. The Morgan fingerprint density at radius 3 is 1.75 bits per heavy atom. The Bertz CT molecular complexity index is 1920. The van der Waals surface area contributed by atoms with E-state index in [0.717, 1.165) is 46.6 Å². The number of hydrogen-bond acceptors (Lipinski definition) is 2. The molecule has 0 N–H and O–H groups in total. The van der Waals surface area contributed by atoms with E-state index >= 15 is 0 Å². The van der Waals surface area contributed by atoms with Gasteiger partial charge in [-0.3, -0.25) is 4.79 Å². The van der Waals surface area contributed by atoms with E-state index in [1.54, 1.807) is 0 Å². The number of aromatic nitrogens is 1. The minimum absolute atomic E-state index is 0.117. The third-order valence-electron chi connectivity index (χ3n) is 8.24. The minimum Gasteiger partial charge on any atom is -0.313 e. The highest BCUT2D eigenvalue weighted by atomic mass is 16.1. The molecule has 8 rings (SSSR count). The summed E-state index contributed by atoms with van der Waals surface area (Å²) in [5.74, 6) is 0.117. The fourth-order valence-corrected chi connectivity index (χ4v) is 6.47. The second kappa shape index (κ2) is 8.96. The van der Waals surface area contributed by atoms with Crippen molar-refractivity contribution in [3.8, 4) is 0 Å². The second-order valence-corrected chi connectivity index (χ2v) is 10.5. The zero-order valence-electron chi connectivity index (χ0n) is 21.9. The lowest BCUT2D eigenvalue weighted by Crippen LogP contribution is -2.10. The molecule has 0 spiro atoms. The van der Waals surface area contributed by atoms with Crippen LogP contribution in [0.15, 0.2) is 139 Å². The van der Waals surface area contributed by atoms with Gasteiger partial charge in [-0.1, -0.05) is 78.9 Å². The number of hydrogen-bond donors (Lipinski definition) is 0. The summed E-state index contributed by atoms with van der Waals surface area (Å²) in [4.78, 5) is 16.2. The van der Waals surface area contributed by atoms with Crippen molar-refractivity contribution < 1.29 is 4.79 Å². The highest BCUT2D eigenvalue weighted by Gasteiger charge is 2.32. The predicted molar refractivity (Wildman–Crippen MR) is 165 cm³/mol. The lowest BCUT2D eigenvalue weighted by Gasteiger charge is -2.26. The quantitative estimate of drug-likeness (QED) is 0.234. The maximum Gasteiger partial charge on any atom is 0.194 e. The van der Waals surface area contributed by atoms with E-state index in [-0.39, 0.29) is 5.78 Å². The molecule has 0 fully saturated rings. The summed E-state index contributed by atoms with van der Waals surface area (Å²) in [5.41, 5.74) is 10.5. The van der Waals surface area contributed by atoms with Crippen LogP contribution < -0.4 is 4.90 Å². The molecule has 3 nitrogen and oxygen atoms in total. The molecule has 0 amide bonds. The molecule has 0 saturated carbocycles. The van der Waals surface area contributed by atoms with E-state index in [1.165, 1.54) is 33.1 Å². The number of anilines is 3. The summed E-state index contributed by atoms with van der Waals surface area (Å²) in [6.07, 6.45) is 3.88. The molecule has 6 aromatic rings. The first-order valence-electron chi connectivity index (χ1n) is 13.8. The molecule has 0 saturated heterocycles. The monoisotopic (exact) mass is 514 g/mol. The van der Waals surface area contributed by atoms with Crippen LogP contribution in [0.1, 0.15) is 28.8 Å². The zero-order chi connectivity index (χ0) is 26.6. The van der Waals surface area contributed by atoms with Crippen molar-refractivity contribution in [2.75, 3.05) is 4.90 Å². The maximum absolute atomic E-state index is 14.0. The average molecular weight is 515 g/mol. The van der Waals surface area contributed by atoms with Crippen molar-refractivity contribution in [1.29, 1.82) is 0 Å². The van der Waals surface area contributed by atoms with Gasteiger partial charge in [0, 0.05) is 44.7 Å². The average Bonchev–Trinajstić information content (AvgIpc) is 3.50. The zero-order valence-corrected chi connectivity index (χ0v) is 21.9. The van der Waals surface area contributed by atoms with Gasteiger partial charge >= 0.3 is 0 Å². The number of para-hydroxylation sites is 4. The van der Waals surface area contributed by atoms with Crippen LogP contribution in [-0.2, 0) is 0 Å². The van der Waals surface area contributed by atoms with Crippen LogP contribution in [0.2, 0.25) is 0 Å². The van der Waals surface area contributed by atoms with Gasteiger partial charge in [0.2, 0.25) is 0 Å². The van der Waals surface area contributed by atoms with E-state index < -0.39 is 0 Å². The molecule has 190 valence electrons. The Kier molecular flexibility index (Phi) is 5.11. The Morgan fingerprint density at radius 2 is 1.12 bits per heavy atom. The second-order valence-electron chi connectivity index (χ2n) is 10.5. The molecular weight excluding hydrogens is 488 g/mol. The lowest BCUT2D eigenvalue weighted by atomic mass is 9.94. The minimum atomic E-state index is 0.117. The van der Waals surface area contributed by atoms with E-state index in [4.69, 9.17) is 0 Å². The summed E-state index contributed by atoms with van der Waals surface area (Å²) in [7, 11) is 0. The van der Waals surface area contributed by atoms with E-state index in [1.807, 2.05) is 36.4 Å². The standard InChI is InChI=1S/C37H26N2O/c40-37-33-23-27(38(25-11-3-1-4-12-25)26-13-5-2-6-14-26)19-21-29(33)30-22-20-28(24-34(30)37)39-35-17-9-7-15-31(35)32-16-8-10-18-36(32)39/h1-19,21,23-24H,20,22H2.